The van der Waals surface area contributed by atoms with Gasteiger partial charge in [-0.05, 0) is 36.6 Å². The van der Waals surface area contributed by atoms with Gasteiger partial charge in [0.25, 0.3) is 0 Å². The Morgan fingerprint density at radius 2 is 1.63 bits per heavy atom. The number of benzene rings is 1. The number of hydrogen-bond donors (Lipinski definition) is 3. The number of aliphatic hydroxyl groups is 2. The number of rotatable bonds is 10. The highest BCUT2D eigenvalue weighted by Crippen LogP contribution is 2.42. The van der Waals surface area contributed by atoms with Gasteiger partial charge in [-0.1, -0.05) is 11.1 Å². The normalized spacial score (nSPS) is 22.8. The minimum absolute atomic E-state index is 0.0864. The van der Waals surface area contributed by atoms with Gasteiger partial charge in [-0.3, -0.25) is 4.79 Å². The summed E-state index contributed by atoms with van der Waals surface area (Å²) < 4.78 is 28.8. The first-order valence-corrected chi connectivity index (χ1v) is 11.0. The Morgan fingerprint density at radius 1 is 0.974 bits per heavy atom. The Balaban J connectivity index is 2.20. The van der Waals surface area contributed by atoms with Gasteiger partial charge in [-0.2, -0.15) is 0 Å². The maximum absolute atomic E-state index is 12.5. The second-order valence-corrected chi connectivity index (χ2v) is 8.01. The zero-order valence-corrected chi connectivity index (χ0v) is 20.7. The van der Waals surface area contributed by atoms with Crippen molar-refractivity contribution in [3.05, 3.63) is 29.8 Å². The number of carbonyl (C=O) groups excluding carboxylic acids is 4. The molecule has 1 aliphatic rings. The lowest BCUT2D eigenvalue weighted by Gasteiger charge is -2.42. The first kappa shape index (κ1) is 30.5. The number of esters is 2. The van der Waals surface area contributed by atoms with E-state index in [1.165, 1.54) is 24.3 Å². The van der Waals surface area contributed by atoms with Gasteiger partial charge in [-0.25, -0.2) is 24.5 Å². The molecule has 0 unspecified atom stereocenters. The molecule has 1 fully saturated rings. The monoisotopic (exact) mass is 544 g/mol. The second kappa shape index (κ2) is 14.3. The third kappa shape index (κ3) is 8.12. The van der Waals surface area contributed by atoms with E-state index in [1.807, 2.05) is 0 Å². The summed E-state index contributed by atoms with van der Waals surface area (Å²) in [6, 6.07) is 3.94. The predicted molar refractivity (Wildman–Crippen MR) is 121 cm³/mol. The Hall–Kier alpha value is -3.76. The molecule has 1 aliphatic carbocycles. The minimum Gasteiger partial charge on any atom is -0.469 e. The highest BCUT2D eigenvalue weighted by molar-refractivity contribution is 5.87. The van der Waals surface area contributed by atoms with Gasteiger partial charge in [0.05, 0.1) is 39.5 Å². The van der Waals surface area contributed by atoms with E-state index in [0.717, 1.165) is 27.4 Å². The van der Waals surface area contributed by atoms with Crippen molar-refractivity contribution in [2.24, 2.45) is 5.41 Å². The fraction of sp³-hybridized carbons (Fsp3) is 0.478. The zero-order chi connectivity index (χ0) is 28.3. The average Bonchev–Trinajstić information content (AvgIpc) is 2.90. The average molecular weight is 544 g/mol. The zero-order valence-electron chi connectivity index (χ0n) is 20.7. The van der Waals surface area contributed by atoms with Crippen LogP contribution in [0.2, 0.25) is 0 Å². The van der Waals surface area contributed by atoms with E-state index in [4.69, 9.17) is 24.2 Å². The second-order valence-electron chi connectivity index (χ2n) is 8.01. The van der Waals surface area contributed by atoms with E-state index < -0.39 is 48.0 Å². The molecule has 0 amide bonds. The maximum atomic E-state index is 12.5. The van der Waals surface area contributed by atoms with Crippen LogP contribution in [0.1, 0.15) is 24.8 Å². The third-order valence-electron chi connectivity index (χ3n) is 5.67. The van der Waals surface area contributed by atoms with E-state index in [-0.39, 0.29) is 37.4 Å². The van der Waals surface area contributed by atoms with Crippen molar-refractivity contribution in [2.75, 3.05) is 27.9 Å². The van der Waals surface area contributed by atoms with Gasteiger partial charge < -0.3 is 38.6 Å². The van der Waals surface area contributed by atoms with E-state index >= 15 is 0 Å². The Morgan fingerprint density at radius 3 is 2.24 bits per heavy atom. The SMILES string of the molecule is COC(=O)Oc1ccc(/C=C/C(=O)O[C@@H]2C[C@](CCOOO)(C(=O)OC)C[C@@H](O)[C@H]2O)cc1OC(=O)OC. The van der Waals surface area contributed by atoms with E-state index in [0.29, 0.717) is 5.56 Å². The molecule has 15 nitrogen and oxygen atoms in total. The van der Waals surface area contributed by atoms with Crippen LogP contribution in [0.25, 0.3) is 6.08 Å². The Kier molecular flexibility index (Phi) is 11.4. The highest BCUT2D eigenvalue weighted by atomic mass is 17.5. The molecule has 4 atom stereocenters. The lowest BCUT2D eigenvalue weighted by Crippen LogP contribution is -2.54. The summed E-state index contributed by atoms with van der Waals surface area (Å²) in [6.07, 6.45) is -4.71. The summed E-state index contributed by atoms with van der Waals surface area (Å²) in [6.45, 7) is -0.263. The van der Waals surface area contributed by atoms with Crippen LogP contribution in [0.3, 0.4) is 0 Å². The molecule has 15 heteroatoms. The first-order chi connectivity index (χ1) is 18.1. The van der Waals surface area contributed by atoms with Crippen molar-refractivity contribution in [3.63, 3.8) is 0 Å². The Bertz CT molecular complexity index is 1020. The lowest BCUT2D eigenvalue weighted by atomic mass is 9.68. The molecular weight excluding hydrogens is 516 g/mol. The van der Waals surface area contributed by atoms with Crippen LogP contribution >= 0.6 is 0 Å². The van der Waals surface area contributed by atoms with Gasteiger partial charge in [0.2, 0.25) is 0 Å². The molecule has 38 heavy (non-hydrogen) atoms. The number of carbonyl (C=O) groups is 4. The number of aliphatic hydroxyl groups excluding tert-OH is 2. The van der Waals surface area contributed by atoms with Crippen LogP contribution in [-0.2, 0) is 38.5 Å². The smallest absolute Gasteiger partial charge is 0.469 e. The molecule has 1 aromatic carbocycles. The summed E-state index contributed by atoms with van der Waals surface area (Å²) in [5.41, 5.74) is -1.11. The maximum Gasteiger partial charge on any atom is 0.513 e. The number of methoxy groups -OCH3 is 3. The molecule has 1 saturated carbocycles. The molecule has 210 valence electrons. The van der Waals surface area contributed by atoms with E-state index in [2.05, 4.69) is 19.4 Å². The molecule has 2 rings (SSSR count). The fourth-order valence-corrected chi connectivity index (χ4v) is 3.84. The van der Waals surface area contributed by atoms with Crippen LogP contribution in [-0.4, -0.2) is 86.0 Å². The van der Waals surface area contributed by atoms with E-state index in [9.17, 15) is 29.4 Å². The first-order valence-electron chi connectivity index (χ1n) is 11.0. The lowest BCUT2D eigenvalue weighted by molar-refractivity contribution is -0.491. The van der Waals surface area contributed by atoms with Crippen LogP contribution in [0.15, 0.2) is 24.3 Å². The summed E-state index contributed by atoms with van der Waals surface area (Å²) in [4.78, 5) is 52.4. The number of hydrogen-bond acceptors (Lipinski definition) is 15. The molecule has 3 N–H and O–H groups in total. The minimum atomic E-state index is -1.50. The summed E-state index contributed by atoms with van der Waals surface area (Å²) in [5.74, 6) is -2.08. The van der Waals surface area contributed by atoms with Gasteiger partial charge in [-0.15, -0.1) is 0 Å². The van der Waals surface area contributed by atoms with Crippen molar-refractivity contribution >= 4 is 30.3 Å². The van der Waals surface area contributed by atoms with Gasteiger partial charge in [0, 0.05) is 12.5 Å². The molecule has 0 saturated heterocycles. The van der Waals surface area contributed by atoms with Crippen LogP contribution in [0.4, 0.5) is 9.59 Å². The van der Waals surface area contributed by atoms with Crippen LogP contribution < -0.4 is 9.47 Å². The highest BCUT2D eigenvalue weighted by Gasteiger charge is 2.51. The van der Waals surface area contributed by atoms with Gasteiger partial charge in [0.15, 0.2) is 11.5 Å². The topological polar surface area (TPSA) is 203 Å². The molecule has 0 heterocycles. The molecule has 0 aliphatic heterocycles. The van der Waals surface area contributed by atoms with Crippen molar-refractivity contribution < 1.29 is 73.0 Å². The molecule has 0 aromatic heterocycles. The van der Waals surface area contributed by atoms with Crippen LogP contribution in [0.5, 0.6) is 11.5 Å². The summed E-state index contributed by atoms with van der Waals surface area (Å²) in [7, 11) is 3.29. The van der Waals surface area contributed by atoms with Crippen molar-refractivity contribution in [1.29, 1.82) is 0 Å². The molecule has 0 spiro atoms. The van der Waals surface area contributed by atoms with Gasteiger partial charge >= 0.3 is 24.2 Å². The predicted octanol–water partition coefficient (Wildman–Crippen LogP) is 1.39. The van der Waals surface area contributed by atoms with Crippen molar-refractivity contribution in [3.8, 4) is 11.5 Å². The summed E-state index contributed by atoms with van der Waals surface area (Å²) >= 11 is 0. The Labute approximate surface area is 216 Å². The largest absolute Gasteiger partial charge is 0.513 e. The third-order valence-corrected chi connectivity index (χ3v) is 5.67. The van der Waals surface area contributed by atoms with Crippen molar-refractivity contribution in [1.82, 2.24) is 0 Å². The molecule has 1 aromatic rings. The summed E-state index contributed by atoms with van der Waals surface area (Å²) in [5, 5.41) is 32.7. The van der Waals surface area contributed by atoms with Gasteiger partial charge in [0.1, 0.15) is 12.2 Å². The number of ether oxygens (including phenoxy) is 6. The quantitative estimate of drug-likeness (QED) is 0.0724. The molecular formula is C23H28O15. The molecule has 0 radical (unpaired) electrons. The molecule has 0 bridgehead atoms. The van der Waals surface area contributed by atoms with Crippen molar-refractivity contribution in [2.45, 2.75) is 37.6 Å². The standard InChI is InChI=1S/C23H28O15/c1-31-20(27)23(8-9-34-38-30)11-14(24)19(26)17(12-23)35-18(25)7-5-13-4-6-15(36-21(28)32-2)16(10-13)37-22(29)33-3/h4-7,10,14,17,19,24,26,30H,8-9,11-12H2,1-3H3/b7-5+/t14-,17-,19-,23-/m1/s1. The fourth-order valence-electron chi connectivity index (χ4n) is 3.84. The van der Waals surface area contributed by atoms with Crippen LogP contribution in [0, 0.1) is 5.41 Å². The van der Waals surface area contributed by atoms with E-state index in [1.54, 1.807) is 0 Å².